The normalized spacial score (nSPS) is 17.2. The van der Waals surface area contributed by atoms with Crippen LogP contribution in [0, 0.1) is 0 Å². The van der Waals surface area contributed by atoms with Gasteiger partial charge < -0.3 is 19.8 Å². The quantitative estimate of drug-likeness (QED) is 0.723. The lowest BCUT2D eigenvalue weighted by atomic mass is 10.2. The molecule has 1 fully saturated rings. The molecule has 3 aromatic rings. The van der Waals surface area contributed by atoms with Crippen molar-refractivity contribution in [2.24, 2.45) is 0 Å². The number of aromatic nitrogens is 2. The Bertz CT molecular complexity index is 759. The lowest BCUT2D eigenvalue weighted by molar-refractivity contribution is 0.292. The fourth-order valence-corrected chi connectivity index (χ4v) is 3.02. The van der Waals surface area contributed by atoms with Gasteiger partial charge in [0.2, 0.25) is 0 Å². The van der Waals surface area contributed by atoms with Gasteiger partial charge in [0.25, 0.3) is 6.01 Å². The van der Waals surface area contributed by atoms with Crippen LogP contribution >= 0.6 is 0 Å². The Morgan fingerprint density at radius 2 is 1.88 bits per heavy atom. The zero-order chi connectivity index (χ0) is 16.2. The largest absolute Gasteiger partial charge is 0.494 e. The number of H-pyrrole nitrogens is 1. The Labute approximate surface area is 141 Å². The molecule has 0 saturated carbocycles. The first kappa shape index (κ1) is 15.0. The van der Waals surface area contributed by atoms with Gasteiger partial charge in [-0.3, -0.25) is 0 Å². The van der Waals surface area contributed by atoms with Crippen molar-refractivity contribution >= 4 is 11.0 Å². The molecule has 0 amide bonds. The maximum atomic E-state index is 5.80. The summed E-state index contributed by atoms with van der Waals surface area (Å²) in [5.41, 5.74) is 1.86. The van der Waals surface area contributed by atoms with Crippen LogP contribution in [-0.2, 0) is 0 Å². The van der Waals surface area contributed by atoms with Crippen molar-refractivity contribution in [3.8, 4) is 17.5 Å². The Morgan fingerprint density at radius 1 is 1.04 bits per heavy atom. The highest BCUT2D eigenvalue weighted by molar-refractivity contribution is 5.75. The molecule has 0 spiro atoms. The van der Waals surface area contributed by atoms with E-state index in [4.69, 9.17) is 9.47 Å². The first-order chi connectivity index (χ1) is 11.9. The van der Waals surface area contributed by atoms with Crippen LogP contribution in [0.25, 0.3) is 11.0 Å². The minimum atomic E-state index is 0.497. The third-order valence-corrected chi connectivity index (χ3v) is 4.30. The van der Waals surface area contributed by atoms with Crippen LogP contribution in [-0.4, -0.2) is 29.2 Å². The van der Waals surface area contributed by atoms with Crippen LogP contribution in [0.15, 0.2) is 48.5 Å². The molecule has 0 aliphatic carbocycles. The Balaban J connectivity index is 1.33. The summed E-state index contributed by atoms with van der Waals surface area (Å²) < 4.78 is 11.6. The van der Waals surface area contributed by atoms with Crippen LogP contribution in [0.4, 0.5) is 0 Å². The first-order valence-electron chi connectivity index (χ1n) is 8.46. The van der Waals surface area contributed by atoms with E-state index in [9.17, 15) is 0 Å². The summed E-state index contributed by atoms with van der Waals surface area (Å²) in [6.45, 7) is 1.87. The van der Waals surface area contributed by atoms with Gasteiger partial charge in [-0.05, 0) is 62.2 Å². The fourth-order valence-electron chi connectivity index (χ4n) is 3.02. The number of aromatic amines is 1. The molecule has 1 unspecified atom stereocenters. The van der Waals surface area contributed by atoms with Crippen molar-refractivity contribution in [3.05, 3.63) is 48.5 Å². The second-order valence-electron chi connectivity index (χ2n) is 6.06. The minimum absolute atomic E-state index is 0.497. The molecule has 2 aromatic carbocycles. The highest BCUT2D eigenvalue weighted by Crippen LogP contribution is 2.24. The van der Waals surface area contributed by atoms with E-state index in [0.717, 1.165) is 42.1 Å². The lowest BCUT2D eigenvalue weighted by Crippen LogP contribution is -2.23. The third-order valence-electron chi connectivity index (χ3n) is 4.30. The average molecular weight is 323 g/mol. The molecule has 5 nitrogen and oxygen atoms in total. The molecule has 1 atom stereocenters. The Morgan fingerprint density at radius 3 is 2.67 bits per heavy atom. The van der Waals surface area contributed by atoms with Crippen LogP contribution < -0.4 is 14.8 Å². The molecule has 0 radical (unpaired) electrons. The highest BCUT2D eigenvalue weighted by atomic mass is 16.5. The molecule has 0 bridgehead atoms. The molecule has 1 aliphatic rings. The molecule has 1 aromatic heterocycles. The summed E-state index contributed by atoms with van der Waals surface area (Å²) >= 11 is 0. The van der Waals surface area contributed by atoms with Gasteiger partial charge in [0.15, 0.2) is 0 Å². The molecule has 2 N–H and O–H groups in total. The number of rotatable bonds is 6. The van der Waals surface area contributed by atoms with E-state index >= 15 is 0 Å². The molecule has 5 heteroatoms. The maximum absolute atomic E-state index is 5.80. The Hall–Kier alpha value is -2.53. The summed E-state index contributed by atoms with van der Waals surface area (Å²) in [6.07, 6.45) is 3.59. The van der Waals surface area contributed by atoms with Gasteiger partial charge in [0, 0.05) is 6.04 Å². The lowest BCUT2D eigenvalue weighted by Gasteiger charge is -2.11. The summed E-state index contributed by atoms with van der Waals surface area (Å²) in [5, 5.41) is 3.48. The standard InChI is InChI=1S/C19H21N3O2/c1-2-6-18-17(5-1)21-19(22-18)24-16-9-7-15(8-10-16)23-13-11-14-4-3-12-20-14/h1-2,5-10,14,20H,3-4,11-13H2,(H,21,22). The van der Waals surface area contributed by atoms with Gasteiger partial charge in [-0.25, -0.2) is 0 Å². The van der Waals surface area contributed by atoms with E-state index in [1.165, 1.54) is 12.8 Å². The van der Waals surface area contributed by atoms with Crippen LogP contribution in [0.5, 0.6) is 17.5 Å². The van der Waals surface area contributed by atoms with Gasteiger partial charge in [0.05, 0.1) is 17.6 Å². The van der Waals surface area contributed by atoms with E-state index in [1.54, 1.807) is 0 Å². The van der Waals surface area contributed by atoms with E-state index in [-0.39, 0.29) is 0 Å². The number of fused-ring (bicyclic) bond motifs is 1. The molecule has 24 heavy (non-hydrogen) atoms. The molecular weight excluding hydrogens is 302 g/mol. The zero-order valence-electron chi connectivity index (χ0n) is 13.5. The number of benzene rings is 2. The topological polar surface area (TPSA) is 59.2 Å². The monoisotopic (exact) mass is 323 g/mol. The number of nitrogens with zero attached hydrogens (tertiary/aromatic N) is 1. The second-order valence-corrected chi connectivity index (χ2v) is 6.06. The fraction of sp³-hybridized carbons (Fsp3) is 0.316. The summed E-state index contributed by atoms with van der Waals surface area (Å²) in [5.74, 6) is 1.60. The Kier molecular flexibility index (Phi) is 4.34. The number of hydrogen-bond donors (Lipinski definition) is 2. The average Bonchev–Trinajstić information content (AvgIpc) is 3.25. The van der Waals surface area contributed by atoms with Crippen molar-refractivity contribution in [1.82, 2.24) is 15.3 Å². The van der Waals surface area contributed by atoms with Gasteiger partial charge in [-0.15, -0.1) is 0 Å². The van der Waals surface area contributed by atoms with Crippen LogP contribution in [0.3, 0.4) is 0 Å². The number of hydrogen-bond acceptors (Lipinski definition) is 4. The van der Waals surface area contributed by atoms with E-state index in [2.05, 4.69) is 15.3 Å². The van der Waals surface area contributed by atoms with E-state index in [1.807, 2.05) is 48.5 Å². The van der Waals surface area contributed by atoms with Crippen molar-refractivity contribution < 1.29 is 9.47 Å². The zero-order valence-corrected chi connectivity index (χ0v) is 13.5. The highest BCUT2D eigenvalue weighted by Gasteiger charge is 2.13. The number of para-hydroxylation sites is 2. The van der Waals surface area contributed by atoms with E-state index < -0.39 is 0 Å². The van der Waals surface area contributed by atoms with Gasteiger partial charge >= 0.3 is 0 Å². The SMILES string of the molecule is c1ccc2[nH]c(Oc3ccc(OCCC4CCCN4)cc3)nc2c1. The van der Waals surface area contributed by atoms with Crippen LogP contribution in [0.2, 0.25) is 0 Å². The predicted octanol–water partition coefficient (Wildman–Crippen LogP) is 3.88. The van der Waals surface area contributed by atoms with E-state index in [0.29, 0.717) is 12.1 Å². The minimum Gasteiger partial charge on any atom is -0.494 e. The molecular formula is C19H21N3O2. The second kappa shape index (κ2) is 6.93. The summed E-state index contributed by atoms with van der Waals surface area (Å²) in [7, 11) is 0. The molecule has 1 aliphatic heterocycles. The summed E-state index contributed by atoms with van der Waals surface area (Å²) in [6, 6.07) is 16.6. The number of nitrogens with one attached hydrogen (secondary N) is 2. The smallest absolute Gasteiger partial charge is 0.300 e. The van der Waals surface area contributed by atoms with Crippen molar-refractivity contribution in [1.29, 1.82) is 0 Å². The van der Waals surface area contributed by atoms with Crippen molar-refractivity contribution in [3.63, 3.8) is 0 Å². The molecule has 2 heterocycles. The maximum Gasteiger partial charge on any atom is 0.300 e. The van der Waals surface area contributed by atoms with Gasteiger partial charge in [0.1, 0.15) is 11.5 Å². The number of imidazole rings is 1. The number of ether oxygens (including phenoxy) is 2. The van der Waals surface area contributed by atoms with Gasteiger partial charge in [-0.2, -0.15) is 4.98 Å². The van der Waals surface area contributed by atoms with Gasteiger partial charge in [-0.1, -0.05) is 12.1 Å². The van der Waals surface area contributed by atoms with Crippen molar-refractivity contribution in [2.45, 2.75) is 25.3 Å². The molecule has 4 rings (SSSR count). The first-order valence-corrected chi connectivity index (χ1v) is 8.46. The molecule has 124 valence electrons. The summed E-state index contributed by atoms with van der Waals surface area (Å²) in [4.78, 5) is 7.56. The van der Waals surface area contributed by atoms with Crippen LogP contribution in [0.1, 0.15) is 19.3 Å². The molecule has 1 saturated heterocycles. The van der Waals surface area contributed by atoms with Crippen molar-refractivity contribution in [2.75, 3.05) is 13.2 Å². The third kappa shape index (κ3) is 3.51. The predicted molar refractivity (Wildman–Crippen MR) is 93.7 cm³/mol.